The molecular weight excluding hydrogens is 352 g/mol. The van der Waals surface area contributed by atoms with Gasteiger partial charge in [-0.2, -0.15) is 0 Å². The number of nitrogens with one attached hydrogen (secondary N) is 1. The van der Waals surface area contributed by atoms with Crippen molar-refractivity contribution < 1.29 is 24.0 Å². The zero-order chi connectivity index (χ0) is 19.2. The highest BCUT2D eigenvalue weighted by Crippen LogP contribution is 2.17. The van der Waals surface area contributed by atoms with E-state index in [9.17, 15) is 19.7 Å². The third-order valence-electron chi connectivity index (χ3n) is 4.11. The van der Waals surface area contributed by atoms with Gasteiger partial charge in [0.1, 0.15) is 12.7 Å². The number of nitro benzene ring substituents is 1. The summed E-state index contributed by atoms with van der Waals surface area (Å²) in [5.74, 6) is -0.787. The quantitative estimate of drug-likeness (QED) is 0.476. The van der Waals surface area contributed by atoms with Gasteiger partial charge in [-0.3, -0.25) is 14.9 Å². The lowest BCUT2D eigenvalue weighted by Gasteiger charge is -2.11. The van der Waals surface area contributed by atoms with Gasteiger partial charge in [0.2, 0.25) is 0 Å². The van der Waals surface area contributed by atoms with Crippen molar-refractivity contribution in [3.05, 3.63) is 69.8 Å². The van der Waals surface area contributed by atoms with Gasteiger partial charge in [0.15, 0.2) is 0 Å². The molecule has 1 atom stereocenters. The van der Waals surface area contributed by atoms with Crippen molar-refractivity contribution >= 4 is 23.3 Å². The highest BCUT2D eigenvalue weighted by Gasteiger charge is 2.23. The molecule has 1 aliphatic rings. The summed E-state index contributed by atoms with van der Waals surface area (Å²) in [6.45, 7) is 0.566. The van der Waals surface area contributed by atoms with Crippen LogP contribution in [0.25, 0.3) is 0 Å². The Bertz CT molecular complexity index is 844. The van der Waals surface area contributed by atoms with Crippen LogP contribution in [0.3, 0.4) is 0 Å². The molecule has 0 bridgehead atoms. The zero-order valence-electron chi connectivity index (χ0n) is 14.4. The van der Waals surface area contributed by atoms with Crippen LogP contribution in [0.5, 0.6) is 0 Å². The molecule has 8 nitrogen and oxygen atoms in total. The minimum Gasteiger partial charge on any atom is -0.457 e. The van der Waals surface area contributed by atoms with Crippen molar-refractivity contribution in [2.24, 2.45) is 0 Å². The second-order valence-corrected chi connectivity index (χ2v) is 6.07. The summed E-state index contributed by atoms with van der Waals surface area (Å²) in [6, 6.07) is 12.2. The molecule has 1 amide bonds. The van der Waals surface area contributed by atoms with Gasteiger partial charge in [-0.25, -0.2) is 4.79 Å². The molecule has 1 aliphatic heterocycles. The Balaban J connectivity index is 1.58. The van der Waals surface area contributed by atoms with Crippen LogP contribution >= 0.6 is 0 Å². The fraction of sp³-hybridized carbons (Fsp3) is 0.263. The summed E-state index contributed by atoms with van der Waals surface area (Å²) < 4.78 is 10.6. The molecule has 0 aliphatic carbocycles. The van der Waals surface area contributed by atoms with Crippen LogP contribution in [0.1, 0.15) is 28.8 Å². The maximum absolute atomic E-state index is 12.2. The van der Waals surface area contributed by atoms with E-state index >= 15 is 0 Å². The number of nitrogens with zero attached hydrogens (tertiary/aromatic N) is 1. The van der Waals surface area contributed by atoms with Gasteiger partial charge < -0.3 is 14.8 Å². The number of carbonyl (C=O) groups excluding carboxylic acids is 2. The van der Waals surface area contributed by atoms with Gasteiger partial charge in [-0.15, -0.1) is 0 Å². The van der Waals surface area contributed by atoms with Gasteiger partial charge in [0, 0.05) is 24.4 Å². The lowest BCUT2D eigenvalue weighted by molar-refractivity contribution is -0.384. The van der Waals surface area contributed by atoms with E-state index in [1.807, 2.05) is 0 Å². The molecule has 27 heavy (non-hydrogen) atoms. The second kappa shape index (κ2) is 8.41. The van der Waals surface area contributed by atoms with E-state index in [1.54, 1.807) is 18.2 Å². The molecule has 8 heteroatoms. The number of amides is 1. The van der Waals surface area contributed by atoms with Crippen LogP contribution < -0.4 is 5.32 Å². The van der Waals surface area contributed by atoms with Crippen molar-refractivity contribution in [3.8, 4) is 0 Å². The summed E-state index contributed by atoms with van der Waals surface area (Å²) in [7, 11) is 0. The number of benzene rings is 2. The number of hydrogen-bond acceptors (Lipinski definition) is 6. The monoisotopic (exact) mass is 370 g/mol. The zero-order valence-corrected chi connectivity index (χ0v) is 14.4. The lowest BCUT2D eigenvalue weighted by atomic mass is 10.2. The average molecular weight is 370 g/mol. The predicted molar refractivity (Wildman–Crippen MR) is 96.3 cm³/mol. The van der Waals surface area contributed by atoms with E-state index in [4.69, 9.17) is 9.47 Å². The molecule has 0 spiro atoms. The normalized spacial score (nSPS) is 15.9. The molecule has 1 saturated heterocycles. The van der Waals surface area contributed by atoms with E-state index in [0.717, 1.165) is 6.42 Å². The molecule has 2 aromatic rings. The number of hydrogen-bond donors (Lipinski definition) is 1. The van der Waals surface area contributed by atoms with Crippen LogP contribution in [0.4, 0.5) is 11.4 Å². The number of ether oxygens (including phenoxy) is 2. The predicted octanol–water partition coefficient (Wildman–Crippen LogP) is 3.07. The Morgan fingerprint density at radius 1 is 1.22 bits per heavy atom. The summed E-state index contributed by atoms with van der Waals surface area (Å²) in [4.78, 5) is 34.4. The molecule has 1 heterocycles. The molecule has 140 valence electrons. The first-order valence-electron chi connectivity index (χ1n) is 8.46. The number of nitro groups is 1. The van der Waals surface area contributed by atoms with Crippen LogP contribution in [-0.4, -0.2) is 29.5 Å². The number of non-ortho nitro benzene ring substituents is 1. The molecule has 2 aromatic carbocycles. The molecule has 0 aromatic heterocycles. The van der Waals surface area contributed by atoms with Crippen molar-refractivity contribution in [2.45, 2.75) is 25.6 Å². The Morgan fingerprint density at radius 2 is 2.00 bits per heavy atom. The van der Waals surface area contributed by atoms with Crippen LogP contribution in [0, 0.1) is 10.1 Å². The van der Waals surface area contributed by atoms with E-state index in [-0.39, 0.29) is 18.2 Å². The average Bonchev–Trinajstić information content (AvgIpc) is 3.21. The first-order chi connectivity index (χ1) is 13.0. The third-order valence-corrected chi connectivity index (χ3v) is 4.11. The molecule has 1 unspecified atom stereocenters. The fourth-order valence-electron chi connectivity index (χ4n) is 2.68. The second-order valence-electron chi connectivity index (χ2n) is 6.07. The Labute approximate surface area is 155 Å². The Hall–Kier alpha value is -3.26. The summed E-state index contributed by atoms with van der Waals surface area (Å²) >= 11 is 0. The molecule has 3 rings (SSSR count). The topological polar surface area (TPSA) is 108 Å². The standard InChI is InChI=1S/C19H18N2O6/c22-18(17-5-2-10-26-17)20-15-4-1-3-14(11-15)19(23)27-12-13-6-8-16(9-7-13)21(24)25/h1,3-4,6-9,11,17H,2,5,10,12H2,(H,20,22). The first-order valence-corrected chi connectivity index (χ1v) is 8.46. The van der Waals surface area contributed by atoms with Crippen LogP contribution in [0.2, 0.25) is 0 Å². The van der Waals surface area contributed by atoms with E-state index in [1.165, 1.54) is 30.3 Å². The lowest BCUT2D eigenvalue weighted by Crippen LogP contribution is -2.26. The van der Waals surface area contributed by atoms with Gasteiger partial charge in [-0.1, -0.05) is 6.07 Å². The van der Waals surface area contributed by atoms with Crippen LogP contribution in [0.15, 0.2) is 48.5 Å². The van der Waals surface area contributed by atoms with Crippen LogP contribution in [-0.2, 0) is 20.9 Å². The van der Waals surface area contributed by atoms with Crippen molar-refractivity contribution in [1.82, 2.24) is 0 Å². The molecule has 1 N–H and O–H groups in total. The summed E-state index contributed by atoms with van der Waals surface area (Å²) in [6.07, 6.45) is 1.08. The third kappa shape index (κ3) is 4.89. The Kier molecular flexibility index (Phi) is 5.77. The van der Waals surface area contributed by atoms with E-state index < -0.39 is 17.0 Å². The first kappa shape index (κ1) is 18.5. The molecule has 0 radical (unpaired) electrons. The number of esters is 1. The van der Waals surface area contributed by atoms with E-state index in [2.05, 4.69) is 5.32 Å². The SMILES string of the molecule is O=C(OCc1ccc([N+](=O)[O-])cc1)c1cccc(NC(=O)C2CCCO2)c1. The molecule has 1 fully saturated rings. The van der Waals surface area contributed by atoms with Crippen molar-refractivity contribution in [2.75, 3.05) is 11.9 Å². The molecular formula is C19H18N2O6. The van der Waals surface area contributed by atoms with Crippen molar-refractivity contribution in [1.29, 1.82) is 0 Å². The summed E-state index contributed by atoms with van der Waals surface area (Å²) in [5, 5.41) is 13.4. The maximum atomic E-state index is 12.2. The minimum absolute atomic E-state index is 0.0106. The Morgan fingerprint density at radius 3 is 2.67 bits per heavy atom. The largest absolute Gasteiger partial charge is 0.457 e. The van der Waals surface area contributed by atoms with Gasteiger partial charge in [0.25, 0.3) is 11.6 Å². The minimum atomic E-state index is -0.554. The highest BCUT2D eigenvalue weighted by molar-refractivity contribution is 5.96. The van der Waals surface area contributed by atoms with Crippen molar-refractivity contribution in [3.63, 3.8) is 0 Å². The van der Waals surface area contributed by atoms with E-state index in [0.29, 0.717) is 29.8 Å². The number of rotatable bonds is 6. The summed E-state index contributed by atoms with van der Waals surface area (Å²) in [5.41, 5.74) is 1.39. The molecule has 0 saturated carbocycles. The van der Waals surface area contributed by atoms with Gasteiger partial charge in [0.05, 0.1) is 10.5 Å². The van der Waals surface area contributed by atoms with Gasteiger partial charge >= 0.3 is 5.97 Å². The fourth-order valence-corrected chi connectivity index (χ4v) is 2.68. The smallest absolute Gasteiger partial charge is 0.338 e. The number of anilines is 1. The van der Waals surface area contributed by atoms with Gasteiger partial charge in [-0.05, 0) is 48.7 Å². The highest BCUT2D eigenvalue weighted by atomic mass is 16.6. The maximum Gasteiger partial charge on any atom is 0.338 e. The number of carbonyl (C=O) groups is 2.